The van der Waals surface area contributed by atoms with Crippen LogP contribution in [0.15, 0.2) is 48.5 Å². The second-order valence-electron chi connectivity index (χ2n) is 4.89. The topological polar surface area (TPSA) is 26.3 Å². The van der Waals surface area contributed by atoms with Crippen LogP contribution in [0.2, 0.25) is 5.02 Å². The Balaban J connectivity index is 2.18. The highest BCUT2D eigenvalue weighted by molar-refractivity contribution is 6.30. The van der Waals surface area contributed by atoms with Crippen LogP contribution in [0.3, 0.4) is 0 Å². The van der Waals surface area contributed by atoms with E-state index in [9.17, 15) is 4.79 Å². The van der Waals surface area contributed by atoms with Crippen LogP contribution in [0.1, 0.15) is 29.8 Å². The highest BCUT2D eigenvalue weighted by atomic mass is 35.5. The van der Waals surface area contributed by atoms with Crippen molar-refractivity contribution in [2.45, 2.75) is 26.4 Å². The molecule has 104 valence electrons. The zero-order valence-corrected chi connectivity index (χ0v) is 12.4. The molecule has 0 fully saturated rings. The molecule has 0 aliphatic carbocycles. The van der Waals surface area contributed by atoms with Crippen molar-refractivity contribution >= 4 is 17.4 Å². The number of carbonyl (C=O) groups is 1. The fourth-order valence-electron chi connectivity index (χ4n) is 1.94. The summed E-state index contributed by atoms with van der Waals surface area (Å²) in [6.07, 6.45) is 0.384. The Kier molecular flexibility index (Phi) is 4.80. The van der Waals surface area contributed by atoms with E-state index >= 15 is 0 Å². The number of ketones is 1. The number of benzene rings is 2. The molecular formula is C17H17ClO2. The quantitative estimate of drug-likeness (QED) is 0.754. The third kappa shape index (κ3) is 3.84. The lowest BCUT2D eigenvalue weighted by Gasteiger charge is -2.13. The van der Waals surface area contributed by atoms with Crippen LogP contribution >= 0.6 is 11.6 Å². The average Bonchev–Trinajstić information content (AvgIpc) is 2.41. The van der Waals surface area contributed by atoms with E-state index in [1.807, 2.05) is 44.2 Å². The van der Waals surface area contributed by atoms with Gasteiger partial charge in [-0.3, -0.25) is 4.79 Å². The molecule has 0 aliphatic heterocycles. The number of hydrogen-bond donors (Lipinski definition) is 0. The lowest BCUT2D eigenvalue weighted by Crippen LogP contribution is -2.11. The average molecular weight is 289 g/mol. The van der Waals surface area contributed by atoms with Gasteiger partial charge < -0.3 is 4.74 Å². The fourth-order valence-corrected chi connectivity index (χ4v) is 2.06. The van der Waals surface area contributed by atoms with Crippen molar-refractivity contribution in [2.75, 3.05) is 0 Å². The van der Waals surface area contributed by atoms with E-state index in [1.165, 1.54) is 0 Å². The van der Waals surface area contributed by atoms with Gasteiger partial charge in [0, 0.05) is 11.4 Å². The maximum atomic E-state index is 12.4. The Hall–Kier alpha value is -1.80. The van der Waals surface area contributed by atoms with Crippen molar-refractivity contribution in [1.82, 2.24) is 0 Å². The molecule has 0 saturated carbocycles. The number of Topliss-reactive ketones (excluding diaryl/α,β-unsaturated/α-hetero) is 1. The third-order valence-electron chi connectivity index (χ3n) is 2.83. The van der Waals surface area contributed by atoms with Gasteiger partial charge in [-0.05, 0) is 43.7 Å². The van der Waals surface area contributed by atoms with Gasteiger partial charge in [-0.25, -0.2) is 0 Å². The van der Waals surface area contributed by atoms with Crippen LogP contribution in [0, 0.1) is 0 Å². The molecule has 2 nitrogen and oxygen atoms in total. The van der Waals surface area contributed by atoms with Crippen LogP contribution in [-0.4, -0.2) is 11.9 Å². The monoisotopic (exact) mass is 288 g/mol. The lowest BCUT2D eigenvalue weighted by molar-refractivity contribution is 0.0987. The lowest BCUT2D eigenvalue weighted by atomic mass is 10.0. The summed E-state index contributed by atoms with van der Waals surface area (Å²) < 4.78 is 5.68. The van der Waals surface area contributed by atoms with Crippen LogP contribution in [0.25, 0.3) is 0 Å². The Labute approximate surface area is 124 Å². The number of para-hydroxylation sites is 1. The van der Waals surface area contributed by atoms with E-state index in [1.54, 1.807) is 18.2 Å². The van der Waals surface area contributed by atoms with Crippen LogP contribution < -0.4 is 4.74 Å². The van der Waals surface area contributed by atoms with Crippen LogP contribution in [0.4, 0.5) is 0 Å². The molecule has 2 aromatic rings. The van der Waals surface area contributed by atoms with Crippen LogP contribution in [-0.2, 0) is 6.42 Å². The minimum atomic E-state index is 0.0412. The zero-order valence-electron chi connectivity index (χ0n) is 11.6. The Morgan fingerprint density at radius 2 is 1.75 bits per heavy atom. The first-order chi connectivity index (χ1) is 9.56. The van der Waals surface area contributed by atoms with E-state index in [2.05, 4.69) is 0 Å². The van der Waals surface area contributed by atoms with E-state index in [0.717, 1.165) is 5.56 Å². The van der Waals surface area contributed by atoms with Crippen molar-refractivity contribution in [3.8, 4) is 5.75 Å². The molecule has 0 aliphatic rings. The van der Waals surface area contributed by atoms with E-state index in [4.69, 9.17) is 16.3 Å². The molecule has 0 N–H and O–H groups in total. The van der Waals surface area contributed by atoms with Gasteiger partial charge in [-0.1, -0.05) is 35.9 Å². The SMILES string of the molecule is CC(C)Oc1ccccc1C(=O)Cc1ccc(Cl)cc1. The molecular weight excluding hydrogens is 272 g/mol. The molecule has 0 heterocycles. The summed E-state index contributed by atoms with van der Waals surface area (Å²) in [5.41, 5.74) is 1.56. The predicted molar refractivity (Wildman–Crippen MR) is 81.7 cm³/mol. The summed E-state index contributed by atoms with van der Waals surface area (Å²) in [5.74, 6) is 0.685. The molecule has 0 spiro atoms. The minimum absolute atomic E-state index is 0.0412. The summed E-state index contributed by atoms with van der Waals surface area (Å²) in [7, 11) is 0. The van der Waals surface area contributed by atoms with Gasteiger partial charge in [-0.15, -0.1) is 0 Å². The molecule has 0 radical (unpaired) electrons. The Morgan fingerprint density at radius 3 is 2.40 bits per heavy atom. The molecule has 3 heteroatoms. The van der Waals surface area contributed by atoms with Crippen molar-refractivity contribution in [2.24, 2.45) is 0 Å². The minimum Gasteiger partial charge on any atom is -0.490 e. The van der Waals surface area contributed by atoms with Crippen molar-refractivity contribution in [1.29, 1.82) is 0 Å². The maximum Gasteiger partial charge on any atom is 0.170 e. The molecule has 0 atom stereocenters. The highest BCUT2D eigenvalue weighted by Gasteiger charge is 2.13. The largest absolute Gasteiger partial charge is 0.490 e. The van der Waals surface area contributed by atoms with E-state index < -0.39 is 0 Å². The number of halogens is 1. The van der Waals surface area contributed by atoms with Gasteiger partial charge in [-0.2, -0.15) is 0 Å². The smallest absolute Gasteiger partial charge is 0.170 e. The van der Waals surface area contributed by atoms with Crippen molar-refractivity contribution in [3.05, 3.63) is 64.7 Å². The predicted octanol–water partition coefficient (Wildman–Crippen LogP) is 4.55. The molecule has 2 rings (SSSR count). The zero-order chi connectivity index (χ0) is 14.5. The number of carbonyl (C=O) groups excluding carboxylic acids is 1. The molecule has 0 aromatic heterocycles. The van der Waals surface area contributed by atoms with Gasteiger partial charge >= 0.3 is 0 Å². The standard InChI is InChI=1S/C17H17ClO2/c1-12(2)20-17-6-4-3-5-15(17)16(19)11-13-7-9-14(18)10-8-13/h3-10,12H,11H2,1-2H3. The Bertz CT molecular complexity index is 588. The molecule has 0 saturated heterocycles. The van der Waals surface area contributed by atoms with Gasteiger partial charge in [0.15, 0.2) is 5.78 Å². The summed E-state index contributed by atoms with van der Waals surface area (Å²) in [6, 6.07) is 14.7. The van der Waals surface area contributed by atoms with E-state index in [0.29, 0.717) is 22.8 Å². The first kappa shape index (κ1) is 14.6. The summed E-state index contributed by atoms with van der Waals surface area (Å²) in [5, 5.41) is 0.671. The third-order valence-corrected chi connectivity index (χ3v) is 3.08. The molecule has 0 bridgehead atoms. The normalized spacial score (nSPS) is 10.6. The maximum absolute atomic E-state index is 12.4. The molecule has 0 unspecified atom stereocenters. The molecule has 0 amide bonds. The second-order valence-corrected chi connectivity index (χ2v) is 5.33. The van der Waals surface area contributed by atoms with E-state index in [-0.39, 0.29) is 11.9 Å². The van der Waals surface area contributed by atoms with Crippen molar-refractivity contribution < 1.29 is 9.53 Å². The first-order valence-corrected chi connectivity index (χ1v) is 6.97. The summed E-state index contributed by atoms with van der Waals surface area (Å²) >= 11 is 5.84. The first-order valence-electron chi connectivity index (χ1n) is 6.59. The summed E-state index contributed by atoms with van der Waals surface area (Å²) in [4.78, 5) is 12.4. The highest BCUT2D eigenvalue weighted by Crippen LogP contribution is 2.21. The second kappa shape index (κ2) is 6.58. The number of ether oxygens (including phenoxy) is 1. The van der Waals surface area contributed by atoms with Gasteiger partial charge in [0.25, 0.3) is 0 Å². The molecule has 20 heavy (non-hydrogen) atoms. The van der Waals surface area contributed by atoms with Gasteiger partial charge in [0.05, 0.1) is 11.7 Å². The van der Waals surface area contributed by atoms with Crippen LogP contribution in [0.5, 0.6) is 5.75 Å². The number of rotatable bonds is 5. The Morgan fingerprint density at radius 1 is 1.10 bits per heavy atom. The summed E-state index contributed by atoms with van der Waals surface area (Å²) in [6.45, 7) is 3.89. The van der Waals surface area contributed by atoms with Gasteiger partial charge in [0.2, 0.25) is 0 Å². The van der Waals surface area contributed by atoms with Gasteiger partial charge in [0.1, 0.15) is 5.75 Å². The number of hydrogen-bond acceptors (Lipinski definition) is 2. The molecule has 2 aromatic carbocycles. The fraction of sp³-hybridized carbons (Fsp3) is 0.235. The van der Waals surface area contributed by atoms with Crippen molar-refractivity contribution in [3.63, 3.8) is 0 Å².